The Morgan fingerprint density at radius 2 is 1.90 bits per heavy atom. The Labute approximate surface area is 179 Å². The molecule has 3 N–H and O–H groups in total. The first-order valence-corrected chi connectivity index (χ1v) is 10.1. The van der Waals surface area contributed by atoms with Gasteiger partial charge in [-0.25, -0.2) is 4.39 Å². The maximum atomic E-state index is 13.9. The number of benzene rings is 3. The molecule has 1 aliphatic rings. The first kappa shape index (κ1) is 18.2. The van der Waals surface area contributed by atoms with Crippen molar-refractivity contribution in [2.75, 3.05) is 5.32 Å². The fourth-order valence-electron chi connectivity index (χ4n) is 3.79. The molecule has 3 aromatic carbocycles. The molecule has 144 valence electrons. The van der Waals surface area contributed by atoms with Crippen LogP contribution in [0.5, 0.6) is 0 Å². The van der Waals surface area contributed by atoms with Gasteiger partial charge in [0.1, 0.15) is 5.82 Å². The first-order valence-electron chi connectivity index (χ1n) is 8.93. The van der Waals surface area contributed by atoms with Gasteiger partial charge in [0.05, 0.1) is 11.7 Å². The summed E-state index contributed by atoms with van der Waals surface area (Å²) in [5.74, 6) is -0.635. The van der Waals surface area contributed by atoms with E-state index in [9.17, 15) is 9.18 Å². The molecule has 1 atom stereocenters. The van der Waals surface area contributed by atoms with Crippen molar-refractivity contribution in [3.8, 4) is 0 Å². The van der Waals surface area contributed by atoms with Crippen LogP contribution in [0.15, 0.2) is 65.3 Å². The van der Waals surface area contributed by atoms with Gasteiger partial charge < -0.3 is 15.6 Å². The number of halogens is 3. The number of aromatic nitrogens is 1. The van der Waals surface area contributed by atoms with Gasteiger partial charge in [-0.2, -0.15) is 0 Å². The van der Waals surface area contributed by atoms with Gasteiger partial charge in [-0.05, 0) is 36.4 Å². The molecule has 4 nitrogen and oxygen atoms in total. The summed E-state index contributed by atoms with van der Waals surface area (Å²) in [5.41, 5.74) is 4.39. The molecule has 29 heavy (non-hydrogen) atoms. The highest BCUT2D eigenvalue weighted by atomic mass is 79.9. The number of fused-ring (bicyclic) bond motifs is 2. The highest BCUT2D eigenvalue weighted by Crippen LogP contribution is 2.42. The fraction of sp³-hybridized carbons (Fsp3) is 0.0455. The third-order valence-electron chi connectivity index (χ3n) is 5.08. The summed E-state index contributed by atoms with van der Waals surface area (Å²) in [4.78, 5) is 15.9. The van der Waals surface area contributed by atoms with E-state index in [1.807, 2.05) is 36.5 Å². The van der Waals surface area contributed by atoms with Crippen LogP contribution in [0.3, 0.4) is 0 Å². The van der Waals surface area contributed by atoms with Crippen molar-refractivity contribution in [2.24, 2.45) is 0 Å². The number of aromatic amines is 1. The Balaban J connectivity index is 1.67. The van der Waals surface area contributed by atoms with E-state index in [1.54, 1.807) is 6.07 Å². The number of rotatable bonds is 3. The lowest BCUT2D eigenvalue weighted by atomic mass is 9.96. The summed E-state index contributed by atoms with van der Waals surface area (Å²) in [6, 6.07) is 15.2. The van der Waals surface area contributed by atoms with Gasteiger partial charge in [0.15, 0.2) is 0 Å². The van der Waals surface area contributed by atoms with Crippen LogP contribution >= 0.6 is 27.5 Å². The van der Waals surface area contributed by atoms with Crippen molar-refractivity contribution in [1.29, 1.82) is 0 Å². The van der Waals surface area contributed by atoms with Crippen LogP contribution in [-0.2, 0) is 0 Å². The van der Waals surface area contributed by atoms with Crippen molar-refractivity contribution in [2.45, 2.75) is 6.04 Å². The van der Waals surface area contributed by atoms with E-state index >= 15 is 0 Å². The van der Waals surface area contributed by atoms with E-state index in [0.29, 0.717) is 16.1 Å². The lowest BCUT2D eigenvalue weighted by molar-refractivity contribution is 0.0960. The Hall–Kier alpha value is -2.83. The van der Waals surface area contributed by atoms with Crippen LogP contribution in [0, 0.1) is 5.82 Å². The van der Waals surface area contributed by atoms with Gasteiger partial charge in [-0.1, -0.05) is 45.7 Å². The zero-order valence-corrected chi connectivity index (χ0v) is 17.2. The molecule has 1 aromatic heterocycles. The molecule has 7 heteroatoms. The van der Waals surface area contributed by atoms with Crippen molar-refractivity contribution < 1.29 is 9.18 Å². The number of nitrogens with one attached hydrogen (secondary N) is 3. The molecular weight excluding hydrogens is 457 g/mol. The highest BCUT2D eigenvalue weighted by Gasteiger charge is 2.34. The zero-order chi connectivity index (χ0) is 20.1. The number of carbonyl (C=O) groups excluding carboxylic acids is 1. The predicted molar refractivity (Wildman–Crippen MR) is 116 cm³/mol. The van der Waals surface area contributed by atoms with Gasteiger partial charge in [-0.3, -0.25) is 4.79 Å². The van der Waals surface area contributed by atoms with Gasteiger partial charge in [0.25, 0.3) is 5.91 Å². The molecule has 1 amide bonds. The molecule has 0 fully saturated rings. The van der Waals surface area contributed by atoms with Crippen molar-refractivity contribution in [1.82, 2.24) is 10.3 Å². The second kappa shape index (κ2) is 6.90. The van der Waals surface area contributed by atoms with E-state index in [2.05, 4.69) is 31.5 Å². The highest BCUT2D eigenvalue weighted by molar-refractivity contribution is 9.10. The third-order valence-corrected chi connectivity index (χ3v) is 5.88. The Bertz CT molecular complexity index is 1290. The summed E-state index contributed by atoms with van der Waals surface area (Å²) in [6.45, 7) is 0. The van der Waals surface area contributed by atoms with Gasteiger partial charge in [0.2, 0.25) is 0 Å². The monoisotopic (exact) mass is 469 g/mol. The van der Waals surface area contributed by atoms with E-state index < -0.39 is 11.9 Å². The van der Waals surface area contributed by atoms with Crippen LogP contribution in [0.1, 0.15) is 27.5 Å². The number of hydrogen-bond acceptors (Lipinski definition) is 2. The predicted octanol–water partition coefficient (Wildman–Crippen LogP) is 6.30. The van der Waals surface area contributed by atoms with Crippen LogP contribution in [-0.4, -0.2) is 10.9 Å². The molecule has 0 saturated heterocycles. The molecule has 4 aromatic rings. The van der Waals surface area contributed by atoms with E-state index in [0.717, 1.165) is 32.3 Å². The smallest absolute Gasteiger partial charge is 0.252 e. The summed E-state index contributed by atoms with van der Waals surface area (Å²) in [6.07, 6.45) is 1.88. The average molecular weight is 471 g/mol. The second-order valence-electron chi connectivity index (χ2n) is 6.86. The number of para-hydroxylation sites is 1. The summed E-state index contributed by atoms with van der Waals surface area (Å²) < 4.78 is 14.7. The molecule has 0 spiro atoms. The summed E-state index contributed by atoms with van der Waals surface area (Å²) in [5, 5.41) is 7.78. The SMILES string of the molecule is O=C1NC(c2cc(F)ccc2Cl)c2c(Nc3c[nH]c4ccccc34)cc(Br)cc21. The van der Waals surface area contributed by atoms with Gasteiger partial charge in [0, 0.05) is 49.0 Å². The minimum Gasteiger partial charge on any atom is -0.359 e. The van der Waals surface area contributed by atoms with E-state index in [-0.39, 0.29) is 5.91 Å². The van der Waals surface area contributed by atoms with Crippen molar-refractivity contribution >= 4 is 55.7 Å². The molecule has 0 saturated carbocycles. The Kier molecular flexibility index (Phi) is 4.33. The quantitative estimate of drug-likeness (QED) is 0.329. The van der Waals surface area contributed by atoms with Crippen LogP contribution < -0.4 is 10.6 Å². The number of H-pyrrole nitrogens is 1. The average Bonchev–Trinajstić information content (AvgIpc) is 3.25. The molecule has 1 unspecified atom stereocenters. The molecule has 0 bridgehead atoms. The fourth-order valence-corrected chi connectivity index (χ4v) is 4.47. The zero-order valence-electron chi connectivity index (χ0n) is 14.9. The van der Waals surface area contributed by atoms with Crippen molar-refractivity contribution in [3.63, 3.8) is 0 Å². The maximum Gasteiger partial charge on any atom is 0.252 e. The van der Waals surface area contributed by atoms with Crippen LogP contribution in [0.4, 0.5) is 15.8 Å². The maximum absolute atomic E-state index is 13.9. The van der Waals surface area contributed by atoms with E-state index in [1.165, 1.54) is 18.2 Å². The number of amides is 1. The molecule has 0 aliphatic carbocycles. The van der Waals surface area contributed by atoms with Crippen LogP contribution in [0.2, 0.25) is 5.02 Å². The molecule has 1 aliphatic heterocycles. The van der Waals surface area contributed by atoms with Gasteiger partial charge in [-0.15, -0.1) is 0 Å². The molecule has 0 radical (unpaired) electrons. The molecule has 5 rings (SSSR count). The lowest BCUT2D eigenvalue weighted by Crippen LogP contribution is -2.20. The molecule has 2 heterocycles. The third kappa shape index (κ3) is 3.09. The number of anilines is 2. The Morgan fingerprint density at radius 1 is 1.07 bits per heavy atom. The second-order valence-corrected chi connectivity index (χ2v) is 8.18. The lowest BCUT2D eigenvalue weighted by Gasteiger charge is -2.18. The van der Waals surface area contributed by atoms with Crippen LogP contribution in [0.25, 0.3) is 10.9 Å². The minimum absolute atomic E-state index is 0.228. The van der Waals surface area contributed by atoms with Gasteiger partial charge >= 0.3 is 0 Å². The molecular formula is C22H14BrClFN3O. The summed E-state index contributed by atoms with van der Waals surface area (Å²) >= 11 is 9.83. The largest absolute Gasteiger partial charge is 0.359 e. The Morgan fingerprint density at radius 3 is 2.76 bits per heavy atom. The summed E-state index contributed by atoms with van der Waals surface area (Å²) in [7, 11) is 0. The normalized spacial score (nSPS) is 15.4. The number of hydrogen-bond donors (Lipinski definition) is 3. The first-order chi connectivity index (χ1) is 14.0. The topological polar surface area (TPSA) is 56.9 Å². The minimum atomic E-state index is -0.554. The standard InChI is InChI=1S/C22H14BrClFN3O/c23-11-7-15-20(21(28-22(15)29)14-9-12(25)5-6-16(14)24)18(8-11)27-19-10-26-17-4-2-1-3-13(17)19/h1-10,21,26-27H,(H,28,29). The van der Waals surface area contributed by atoms with Crippen molar-refractivity contribution in [3.05, 3.63) is 92.8 Å². The van der Waals surface area contributed by atoms with E-state index in [4.69, 9.17) is 11.6 Å². The number of carbonyl (C=O) groups is 1.